The Morgan fingerprint density at radius 3 is 2.24 bits per heavy atom. The van der Waals surface area contributed by atoms with E-state index in [-0.39, 0.29) is 36.1 Å². The number of Topliss-reactive ketones (excluding diaryl/α,β-unsaturated/α-hetero) is 1. The summed E-state index contributed by atoms with van der Waals surface area (Å²) in [6, 6.07) is -0.312. The first kappa shape index (κ1) is 28.8. The number of alkyl halides is 2. The number of hydrogen-bond donors (Lipinski definition) is 6. The van der Waals surface area contributed by atoms with Crippen LogP contribution in [0.25, 0.3) is 0 Å². The number of anilines is 1. The molecule has 0 aliphatic heterocycles. The fourth-order valence-electron chi connectivity index (χ4n) is 6.99. The van der Waals surface area contributed by atoms with Crippen LogP contribution >= 0.6 is 0 Å². The Morgan fingerprint density at radius 2 is 1.71 bits per heavy atom. The number of halogens is 2. The van der Waals surface area contributed by atoms with E-state index >= 15 is 0 Å². The van der Waals surface area contributed by atoms with Crippen LogP contribution < -0.4 is 16.0 Å². The standard InChI is InChI=1S/C28H34F2N4O7/c1-33(2)18-8-16(26(40)32-12-9-27(29,30)10-12)21(35)15-7-13-11(5-14(15)18)6-17-20(34(3)4)22(36)19(25(31)39)24(38)28(17,41)23(13)37/h8,11-12,17,20,35,37-38,41H,5-7,9-10H2,1-4H3,(H2,31,39)(H,32,40)/t11-,17-,20-,28-/m0/s1. The molecule has 0 unspecified atom stereocenters. The fraction of sp³-hybridized carbons (Fsp3) is 0.536. The highest BCUT2D eigenvalue weighted by atomic mass is 19.3. The summed E-state index contributed by atoms with van der Waals surface area (Å²) in [7, 11) is 6.66. The Kier molecular flexibility index (Phi) is 6.61. The lowest BCUT2D eigenvalue weighted by molar-refractivity contribution is -0.136. The van der Waals surface area contributed by atoms with E-state index in [1.165, 1.54) is 11.0 Å². The first-order valence-electron chi connectivity index (χ1n) is 13.3. The molecule has 1 saturated carbocycles. The molecule has 7 N–H and O–H groups in total. The summed E-state index contributed by atoms with van der Waals surface area (Å²) in [5, 5.41) is 48.1. The first-order valence-corrected chi connectivity index (χ1v) is 13.3. The molecule has 0 aromatic heterocycles. The number of hydrogen-bond acceptors (Lipinski definition) is 9. The highest BCUT2D eigenvalue weighted by Crippen LogP contribution is 2.54. The molecule has 4 aliphatic rings. The minimum Gasteiger partial charge on any atom is -0.509 e. The average molecular weight is 577 g/mol. The van der Waals surface area contributed by atoms with E-state index in [0.717, 1.165) is 0 Å². The molecule has 11 nitrogen and oxygen atoms in total. The highest BCUT2D eigenvalue weighted by Gasteiger charge is 2.61. The number of phenolic OH excluding ortho intramolecular Hbond substituents is 1. The number of aliphatic hydroxyl groups is 3. The van der Waals surface area contributed by atoms with Crippen LogP contribution in [0.15, 0.2) is 28.7 Å². The number of aliphatic hydroxyl groups excluding tert-OH is 2. The minimum absolute atomic E-state index is 0.115. The van der Waals surface area contributed by atoms with E-state index in [9.17, 15) is 43.6 Å². The van der Waals surface area contributed by atoms with E-state index in [1.54, 1.807) is 33.1 Å². The van der Waals surface area contributed by atoms with Crippen molar-refractivity contribution >= 4 is 23.3 Å². The van der Waals surface area contributed by atoms with Gasteiger partial charge in [0.2, 0.25) is 0 Å². The van der Waals surface area contributed by atoms with Crippen LogP contribution in [-0.2, 0) is 22.4 Å². The van der Waals surface area contributed by atoms with Gasteiger partial charge in [-0.2, -0.15) is 0 Å². The van der Waals surface area contributed by atoms with Crippen molar-refractivity contribution in [2.75, 3.05) is 33.1 Å². The number of phenols is 1. The van der Waals surface area contributed by atoms with Crippen LogP contribution in [0.1, 0.15) is 40.7 Å². The van der Waals surface area contributed by atoms with Crippen LogP contribution in [0, 0.1) is 11.8 Å². The van der Waals surface area contributed by atoms with Gasteiger partial charge in [0.1, 0.15) is 22.8 Å². The van der Waals surface area contributed by atoms with Gasteiger partial charge in [-0.3, -0.25) is 19.3 Å². The number of rotatable bonds is 5. The summed E-state index contributed by atoms with van der Waals surface area (Å²) < 4.78 is 26.6. The van der Waals surface area contributed by atoms with Gasteiger partial charge in [-0.1, -0.05) is 0 Å². The molecule has 0 radical (unpaired) electrons. The van der Waals surface area contributed by atoms with E-state index < -0.39 is 83.0 Å². The van der Waals surface area contributed by atoms with Gasteiger partial charge in [-0.15, -0.1) is 0 Å². The Morgan fingerprint density at radius 1 is 1.07 bits per heavy atom. The number of benzene rings is 1. The fourth-order valence-corrected chi connectivity index (χ4v) is 6.99. The van der Waals surface area contributed by atoms with Crippen molar-refractivity contribution < 1.29 is 43.6 Å². The van der Waals surface area contributed by atoms with Crippen molar-refractivity contribution in [2.24, 2.45) is 17.6 Å². The van der Waals surface area contributed by atoms with Crippen molar-refractivity contribution in [3.8, 4) is 5.75 Å². The zero-order valence-corrected chi connectivity index (χ0v) is 23.2. The molecule has 222 valence electrons. The zero-order valence-electron chi connectivity index (χ0n) is 23.2. The molecule has 5 rings (SSSR count). The molecule has 1 aromatic rings. The number of allylic oxidation sites excluding steroid dienone is 1. The Hall–Kier alpha value is -3.71. The number of nitrogens with two attached hydrogens (primary N) is 1. The summed E-state index contributed by atoms with van der Waals surface area (Å²) in [6.45, 7) is 0. The molecule has 0 heterocycles. The molecule has 0 bridgehead atoms. The monoisotopic (exact) mass is 576 g/mol. The van der Waals surface area contributed by atoms with Crippen LogP contribution in [0.5, 0.6) is 5.75 Å². The second-order valence-electron chi connectivity index (χ2n) is 12.0. The number of nitrogens with one attached hydrogen (secondary N) is 1. The number of likely N-dealkylation sites (N-methyl/N-ethyl adjacent to an activating group) is 1. The number of primary amides is 1. The van der Waals surface area contributed by atoms with Gasteiger partial charge in [0.15, 0.2) is 11.4 Å². The lowest BCUT2D eigenvalue weighted by Gasteiger charge is -2.51. The molecule has 2 amide bonds. The van der Waals surface area contributed by atoms with Crippen LogP contribution in [-0.4, -0.2) is 94.7 Å². The number of aromatic hydroxyl groups is 1. The van der Waals surface area contributed by atoms with Crippen LogP contribution in [0.3, 0.4) is 0 Å². The summed E-state index contributed by atoms with van der Waals surface area (Å²) >= 11 is 0. The number of ketones is 1. The van der Waals surface area contributed by atoms with Gasteiger partial charge in [0.25, 0.3) is 17.7 Å². The molecule has 1 fully saturated rings. The zero-order chi connectivity index (χ0) is 30.3. The molecular formula is C28H34F2N4O7. The summed E-state index contributed by atoms with van der Waals surface area (Å²) in [6.07, 6.45) is -0.690. The topological polar surface area (TPSA) is 177 Å². The maximum absolute atomic E-state index is 13.3. The number of carbonyl (C=O) groups excluding carboxylic acids is 3. The molecule has 4 aliphatic carbocycles. The van der Waals surface area contributed by atoms with Crippen molar-refractivity contribution in [1.29, 1.82) is 0 Å². The molecule has 4 atom stereocenters. The summed E-state index contributed by atoms with van der Waals surface area (Å²) in [4.78, 5) is 41.7. The lowest BCUT2D eigenvalue weighted by Crippen LogP contribution is -2.62. The summed E-state index contributed by atoms with van der Waals surface area (Å²) in [5.74, 6) is -9.04. The van der Waals surface area contributed by atoms with Crippen molar-refractivity contribution in [1.82, 2.24) is 10.2 Å². The predicted octanol–water partition coefficient (Wildman–Crippen LogP) is 1.07. The van der Waals surface area contributed by atoms with Crippen LogP contribution in [0.4, 0.5) is 14.5 Å². The van der Waals surface area contributed by atoms with Crippen LogP contribution in [0.2, 0.25) is 0 Å². The highest BCUT2D eigenvalue weighted by molar-refractivity contribution is 6.22. The predicted molar refractivity (Wildman–Crippen MR) is 143 cm³/mol. The second kappa shape index (κ2) is 9.41. The van der Waals surface area contributed by atoms with Crippen molar-refractivity contribution in [3.05, 3.63) is 45.4 Å². The number of amides is 2. The van der Waals surface area contributed by atoms with Gasteiger partial charge < -0.3 is 36.4 Å². The number of nitrogens with zero attached hydrogens (tertiary/aromatic N) is 2. The third kappa shape index (κ3) is 4.24. The van der Waals surface area contributed by atoms with Gasteiger partial charge in [-0.05, 0) is 50.1 Å². The number of fused-ring (bicyclic) bond motifs is 3. The van der Waals surface area contributed by atoms with Crippen molar-refractivity contribution in [3.63, 3.8) is 0 Å². The Balaban J connectivity index is 1.62. The van der Waals surface area contributed by atoms with E-state index in [1.807, 2.05) is 0 Å². The van der Waals surface area contributed by atoms with Gasteiger partial charge in [0.05, 0.1) is 11.6 Å². The third-order valence-corrected chi connectivity index (χ3v) is 8.99. The smallest absolute Gasteiger partial charge is 0.255 e. The number of carbonyl (C=O) groups is 3. The van der Waals surface area contributed by atoms with E-state index in [4.69, 9.17) is 5.73 Å². The molecule has 0 saturated heterocycles. The van der Waals surface area contributed by atoms with Gasteiger partial charge in [-0.25, -0.2) is 8.78 Å². The second-order valence-corrected chi connectivity index (χ2v) is 12.0. The molecule has 41 heavy (non-hydrogen) atoms. The molecule has 0 spiro atoms. The summed E-state index contributed by atoms with van der Waals surface area (Å²) in [5.41, 5.74) is 3.85. The van der Waals surface area contributed by atoms with Gasteiger partial charge >= 0.3 is 0 Å². The lowest BCUT2D eigenvalue weighted by atomic mass is 9.59. The average Bonchev–Trinajstić information content (AvgIpc) is 2.84. The maximum Gasteiger partial charge on any atom is 0.255 e. The maximum atomic E-state index is 13.3. The molecular weight excluding hydrogens is 542 g/mol. The quantitative estimate of drug-likeness (QED) is 0.280. The third-order valence-electron chi connectivity index (χ3n) is 8.99. The minimum atomic E-state index is -2.84. The Bertz CT molecular complexity index is 1430. The molecule has 13 heteroatoms. The SMILES string of the molecule is CN(C)c1cc(C(=O)NC2CC(F)(F)C2)c(O)c2c1C[C@H]1C[C@H]3[C@H](N(C)C)C(=O)C(C(N)=O)=C(O)[C@@]3(O)C(O)=C1C2. The normalized spacial score (nSPS) is 29.0. The first-order chi connectivity index (χ1) is 19.0. The largest absolute Gasteiger partial charge is 0.509 e. The Labute approximate surface area is 234 Å². The van der Waals surface area contributed by atoms with Gasteiger partial charge in [0, 0.05) is 56.6 Å². The van der Waals surface area contributed by atoms with Crippen molar-refractivity contribution in [2.45, 2.75) is 55.7 Å². The molecule has 1 aromatic carbocycles. The van der Waals surface area contributed by atoms with E-state index in [0.29, 0.717) is 16.8 Å². The van der Waals surface area contributed by atoms with E-state index in [2.05, 4.69) is 5.32 Å².